The Morgan fingerprint density at radius 2 is 2.16 bits per heavy atom. The lowest BCUT2D eigenvalue weighted by Crippen LogP contribution is -2.12. The maximum absolute atomic E-state index is 11.1. The quantitative estimate of drug-likeness (QED) is 0.725. The van der Waals surface area contributed by atoms with Crippen molar-refractivity contribution in [1.29, 1.82) is 0 Å². The summed E-state index contributed by atoms with van der Waals surface area (Å²) in [5.41, 5.74) is 15.0. The second-order valence-electron chi connectivity index (χ2n) is 4.32. The Labute approximate surface area is 111 Å². The second-order valence-corrected chi connectivity index (χ2v) is 4.32. The van der Waals surface area contributed by atoms with Crippen LogP contribution in [0.4, 0.5) is 11.4 Å². The zero-order valence-electron chi connectivity index (χ0n) is 10.7. The summed E-state index contributed by atoms with van der Waals surface area (Å²) in [7, 11) is 0. The van der Waals surface area contributed by atoms with E-state index in [1.54, 1.807) is 30.6 Å². The lowest BCUT2D eigenvalue weighted by Gasteiger charge is -2.11. The highest BCUT2D eigenvalue weighted by Crippen LogP contribution is 2.21. The molecule has 5 nitrogen and oxygen atoms in total. The fraction of sp³-hybridized carbons (Fsp3) is 0.143. The second kappa shape index (κ2) is 5.39. The number of aryl methyl sites for hydroxylation is 1. The number of aromatic nitrogens is 1. The topological polar surface area (TPSA) is 94.0 Å². The molecule has 0 spiro atoms. The van der Waals surface area contributed by atoms with Crippen LogP contribution in [0.2, 0.25) is 0 Å². The van der Waals surface area contributed by atoms with Gasteiger partial charge in [-0.2, -0.15) is 0 Å². The van der Waals surface area contributed by atoms with Crippen LogP contribution in [-0.2, 0) is 6.54 Å². The van der Waals surface area contributed by atoms with Crippen LogP contribution in [0.1, 0.15) is 21.5 Å². The summed E-state index contributed by atoms with van der Waals surface area (Å²) in [5.74, 6) is -0.472. The molecule has 1 aromatic carbocycles. The third-order valence-electron chi connectivity index (χ3n) is 2.95. The Morgan fingerprint density at radius 3 is 2.84 bits per heavy atom. The molecule has 2 rings (SSSR count). The molecule has 19 heavy (non-hydrogen) atoms. The Morgan fingerprint density at radius 1 is 1.37 bits per heavy atom. The van der Waals surface area contributed by atoms with Crippen molar-refractivity contribution in [2.75, 3.05) is 11.1 Å². The highest BCUT2D eigenvalue weighted by molar-refractivity contribution is 5.94. The Hall–Kier alpha value is -2.56. The molecule has 2 aromatic rings. The third kappa shape index (κ3) is 3.01. The van der Waals surface area contributed by atoms with Crippen molar-refractivity contribution in [3.05, 3.63) is 53.3 Å². The van der Waals surface area contributed by atoms with Crippen LogP contribution in [0.25, 0.3) is 0 Å². The van der Waals surface area contributed by atoms with E-state index in [4.69, 9.17) is 11.5 Å². The van der Waals surface area contributed by atoms with E-state index in [0.29, 0.717) is 23.5 Å². The Balaban J connectivity index is 2.17. The van der Waals surface area contributed by atoms with Crippen LogP contribution < -0.4 is 16.8 Å². The predicted octanol–water partition coefficient (Wildman–Crippen LogP) is 1.68. The molecule has 0 fully saturated rings. The normalized spacial score (nSPS) is 10.2. The van der Waals surface area contributed by atoms with Crippen molar-refractivity contribution in [2.45, 2.75) is 13.5 Å². The number of carbonyl (C=O) groups excluding carboxylic acids is 1. The van der Waals surface area contributed by atoms with Crippen LogP contribution in [-0.4, -0.2) is 10.9 Å². The summed E-state index contributed by atoms with van der Waals surface area (Å²) in [4.78, 5) is 15.2. The first-order chi connectivity index (χ1) is 9.08. The number of hydrogen-bond donors (Lipinski definition) is 3. The van der Waals surface area contributed by atoms with Gasteiger partial charge in [0, 0.05) is 24.5 Å². The van der Waals surface area contributed by atoms with Gasteiger partial charge < -0.3 is 16.8 Å². The first-order valence-electron chi connectivity index (χ1n) is 5.90. The largest absolute Gasteiger partial charge is 0.397 e. The van der Waals surface area contributed by atoms with Crippen molar-refractivity contribution in [1.82, 2.24) is 4.98 Å². The fourth-order valence-corrected chi connectivity index (χ4v) is 1.73. The first kappa shape index (κ1) is 12.9. The van der Waals surface area contributed by atoms with E-state index in [2.05, 4.69) is 10.3 Å². The molecule has 1 amide bonds. The standard InChI is InChI=1S/C14H16N4O/c1-9-4-5-17-7-11(9)8-18-13-6-10(14(16)19)2-3-12(13)15/h2-7,18H,8,15H2,1H3,(H2,16,19). The minimum atomic E-state index is -0.472. The van der Waals surface area contributed by atoms with Crippen molar-refractivity contribution in [2.24, 2.45) is 5.73 Å². The number of nitrogens with one attached hydrogen (secondary N) is 1. The number of primary amides is 1. The van der Waals surface area contributed by atoms with Crippen molar-refractivity contribution in [3.8, 4) is 0 Å². The molecule has 0 saturated carbocycles. The molecule has 1 aromatic heterocycles. The fourth-order valence-electron chi connectivity index (χ4n) is 1.73. The first-order valence-corrected chi connectivity index (χ1v) is 5.90. The molecule has 0 saturated heterocycles. The summed E-state index contributed by atoms with van der Waals surface area (Å²) >= 11 is 0. The number of hydrogen-bond acceptors (Lipinski definition) is 4. The van der Waals surface area contributed by atoms with Crippen LogP contribution in [0.15, 0.2) is 36.7 Å². The minimum absolute atomic E-state index is 0.430. The predicted molar refractivity (Wildman–Crippen MR) is 75.7 cm³/mol. The molecular formula is C14H16N4O. The minimum Gasteiger partial charge on any atom is -0.397 e. The maximum Gasteiger partial charge on any atom is 0.248 e. The lowest BCUT2D eigenvalue weighted by atomic mass is 10.1. The van der Waals surface area contributed by atoms with E-state index in [0.717, 1.165) is 11.1 Å². The summed E-state index contributed by atoms with van der Waals surface area (Å²) in [6.07, 6.45) is 3.55. The van der Waals surface area contributed by atoms with Gasteiger partial charge in [0.05, 0.1) is 11.4 Å². The molecule has 5 heteroatoms. The van der Waals surface area contributed by atoms with Crippen molar-refractivity contribution in [3.63, 3.8) is 0 Å². The van der Waals surface area contributed by atoms with Gasteiger partial charge in [0.2, 0.25) is 5.91 Å². The van der Waals surface area contributed by atoms with Gasteiger partial charge in [-0.3, -0.25) is 9.78 Å². The molecule has 0 aliphatic heterocycles. The number of pyridine rings is 1. The number of anilines is 2. The van der Waals surface area contributed by atoms with Crippen LogP contribution in [0.3, 0.4) is 0 Å². The average Bonchev–Trinajstić information content (AvgIpc) is 2.39. The zero-order chi connectivity index (χ0) is 13.8. The smallest absolute Gasteiger partial charge is 0.248 e. The van der Waals surface area contributed by atoms with Crippen molar-refractivity contribution >= 4 is 17.3 Å². The Bertz CT molecular complexity index is 610. The number of carbonyl (C=O) groups is 1. The van der Waals surface area contributed by atoms with Gasteiger partial charge in [-0.25, -0.2) is 0 Å². The zero-order valence-corrected chi connectivity index (χ0v) is 10.7. The number of amides is 1. The molecule has 0 atom stereocenters. The molecule has 0 radical (unpaired) electrons. The van der Waals surface area contributed by atoms with E-state index < -0.39 is 5.91 Å². The van der Waals surface area contributed by atoms with E-state index in [1.807, 2.05) is 13.0 Å². The average molecular weight is 256 g/mol. The van der Waals surface area contributed by atoms with Gasteiger partial charge in [0.15, 0.2) is 0 Å². The molecule has 0 aliphatic carbocycles. The number of benzene rings is 1. The number of rotatable bonds is 4. The molecule has 0 aliphatic rings. The van der Waals surface area contributed by atoms with E-state index >= 15 is 0 Å². The van der Waals surface area contributed by atoms with Gasteiger partial charge in [0.25, 0.3) is 0 Å². The molecule has 0 unspecified atom stereocenters. The monoisotopic (exact) mass is 256 g/mol. The molecule has 98 valence electrons. The maximum atomic E-state index is 11.1. The van der Waals surface area contributed by atoms with Gasteiger partial charge >= 0.3 is 0 Å². The summed E-state index contributed by atoms with van der Waals surface area (Å²) in [6.45, 7) is 2.61. The van der Waals surface area contributed by atoms with Gasteiger partial charge in [-0.05, 0) is 42.3 Å². The SMILES string of the molecule is Cc1ccncc1CNc1cc(C(N)=O)ccc1N. The summed E-state index contributed by atoms with van der Waals surface area (Å²) < 4.78 is 0. The van der Waals surface area contributed by atoms with Crippen LogP contribution in [0.5, 0.6) is 0 Å². The van der Waals surface area contributed by atoms with Crippen molar-refractivity contribution < 1.29 is 4.79 Å². The summed E-state index contributed by atoms with van der Waals surface area (Å²) in [5, 5.41) is 3.19. The molecule has 5 N–H and O–H groups in total. The number of nitrogens with two attached hydrogens (primary N) is 2. The highest BCUT2D eigenvalue weighted by atomic mass is 16.1. The Kier molecular flexibility index (Phi) is 3.66. The van der Waals surface area contributed by atoms with Gasteiger partial charge in [-0.1, -0.05) is 0 Å². The van der Waals surface area contributed by atoms with E-state index in [1.165, 1.54) is 0 Å². The third-order valence-corrected chi connectivity index (χ3v) is 2.95. The van der Waals surface area contributed by atoms with E-state index in [-0.39, 0.29) is 0 Å². The highest BCUT2D eigenvalue weighted by Gasteiger charge is 2.05. The number of nitrogens with zero attached hydrogens (tertiary/aromatic N) is 1. The van der Waals surface area contributed by atoms with Gasteiger partial charge in [0.1, 0.15) is 0 Å². The molecular weight excluding hydrogens is 240 g/mol. The van der Waals surface area contributed by atoms with Crippen LogP contribution in [0, 0.1) is 6.92 Å². The number of nitrogen functional groups attached to an aromatic ring is 1. The van der Waals surface area contributed by atoms with Crippen LogP contribution >= 0.6 is 0 Å². The molecule has 0 bridgehead atoms. The molecule has 1 heterocycles. The van der Waals surface area contributed by atoms with Gasteiger partial charge in [-0.15, -0.1) is 0 Å². The lowest BCUT2D eigenvalue weighted by molar-refractivity contribution is 0.100. The van der Waals surface area contributed by atoms with E-state index in [9.17, 15) is 4.79 Å². The summed E-state index contributed by atoms with van der Waals surface area (Å²) in [6, 6.07) is 6.88.